The van der Waals surface area contributed by atoms with Gasteiger partial charge in [-0.15, -0.1) is 0 Å². The first-order valence-corrected chi connectivity index (χ1v) is 4.77. The summed E-state index contributed by atoms with van der Waals surface area (Å²) in [5.41, 5.74) is 0.990. The van der Waals surface area contributed by atoms with Gasteiger partial charge >= 0.3 is 0 Å². The van der Waals surface area contributed by atoms with Gasteiger partial charge in [0.25, 0.3) is 11.1 Å². The Morgan fingerprint density at radius 2 is 2.19 bits per heavy atom. The molecule has 0 atom stereocenters. The number of aryl methyl sites for hydroxylation is 1. The maximum Gasteiger partial charge on any atom is 0.260 e. The molecule has 2 rings (SSSR count). The van der Waals surface area contributed by atoms with E-state index in [2.05, 4.69) is 16.5 Å². The Bertz CT molecular complexity index is 695. The summed E-state index contributed by atoms with van der Waals surface area (Å²) < 4.78 is 1.37. The zero-order chi connectivity index (χ0) is 11.9. The second-order valence-corrected chi connectivity index (χ2v) is 3.54. The molecule has 2 aromatic rings. The van der Waals surface area contributed by atoms with Crippen molar-refractivity contribution in [3.8, 4) is 0 Å². The van der Waals surface area contributed by atoms with Crippen LogP contribution in [0.25, 0.3) is 17.1 Å². The molecule has 0 saturated carbocycles. The van der Waals surface area contributed by atoms with Crippen molar-refractivity contribution < 1.29 is 0 Å². The van der Waals surface area contributed by atoms with Gasteiger partial charge in [-0.05, 0) is 12.5 Å². The number of nitrogens with one attached hydrogen (secondary N) is 1. The van der Waals surface area contributed by atoms with E-state index in [0.717, 1.165) is 0 Å². The molecule has 0 fully saturated rings. The second kappa shape index (κ2) is 3.44. The van der Waals surface area contributed by atoms with Crippen LogP contribution in [0.4, 0.5) is 0 Å². The lowest BCUT2D eigenvalue weighted by Gasteiger charge is -2.08. The van der Waals surface area contributed by atoms with Crippen molar-refractivity contribution >= 4 is 17.1 Å². The molecule has 16 heavy (non-hydrogen) atoms. The van der Waals surface area contributed by atoms with Crippen molar-refractivity contribution in [3.05, 3.63) is 44.7 Å². The van der Waals surface area contributed by atoms with Gasteiger partial charge in [-0.1, -0.05) is 12.7 Å². The number of nitrogens with zero attached hydrogens (tertiary/aromatic N) is 2. The Balaban J connectivity index is 3.24. The van der Waals surface area contributed by atoms with Crippen molar-refractivity contribution in [2.45, 2.75) is 6.92 Å². The zero-order valence-corrected chi connectivity index (χ0v) is 9.07. The summed E-state index contributed by atoms with van der Waals surface area (Å²) in [7, 11) is 1.59. The highest BCUT2D eigenvalue weighted by Crippen LogP contribution is 2.14. The standard InChI is InChI=1S/C11H11N3O2/c1-4-7-6(2)11(16)14(3)9-8(7)10(15)13-5-12-9/h4-5H,1H2,2-3H3,(H,12,13,15). The minimum Gasteiger partial charge on any atom is -0.312 e. The van der Waals surface area contributed by atoms with Crippen LogP contribution in [0.1, 0.15) is 11.1 Å². The molecule has 5 nitrogen and oxygen atoms in total. The molecular formula is C11H11N3O2. The average molecular weight is 217 g/mol. The molecule has 0 saturated heterocycles. The highest BCUT2D eigenvalue weighted by molar-refractivity contribution is 5.85. The third-order valence-electron chi connectivity index (χ3n) is 2.65. The zero-order valence-electron chi connectivity index (χ0n) is 9.07. The number of fused-ring (bicyclic) bond motifs is 1. The van der Waals surface area contributed by atoms with Gasteiger partial charge in [0.1, 0.15) is 5.65 Å². The average Bonchev–Trinajstić information content (AvgIpc) is 2.28. The Morgan fingerprint density at radius 3 is 2.81 bits per heavy atom. The smallest absolute Gasteiger partial charge is 0.260 e. The van der Waals surface area contributed by atoms with Crippen LogP contribution in [-0.4, -0.2) is 14.5 Å². The van der Waals surface area contributed by atoms with Crippen molar-refractivity contribution in [3.63, 3.8) is 0 Å². The molecule has 0 aromatic carbocycles. The number of hydrogen-bond donors (Lipinski definition) is 1. The lowest BCUT2D eigenvalue weighted by atomic mass is 10.1. The molecule has 0 bridgehead atoms. The van der Waals surface area contributed by atoms with E-state index in [-0.39, 0.29) is 11.1 Å². The van der Waals surface area contributed by atoms with Gasteiger partial charge in [0.2, 0.25) is 0 Å². The predicted molar refractivity (Wildman–Crippen MR) is 62.4 cm³/mol. The molecule has 0 aliphatic rings. The fourth-order valence-electron chi connectivity index (χ4n) is 1.79. The maximum absolute atomic E-state index is 11.8. The summed E-state index contributed by atoms with van der Waals surface area (Å²) in [6, 6.07) is 0. The summed E-state index contributed by atoms with van der Waals surface area (Å²) in [6.45, 7) is 5.30. The number of H-pyrrole nitrogens is 1. The Labute approximate surface area is 91.1 Å². The van der Waals surface area contributed by atoms with E-state index in [4.69, 9.17) is 0 Å². The highest BCUT2D eigenvalue weighted by atomic mass is 16.1. The fraction of sp³-hybridized carbons (Fsp3) is 0.182. The molecule has 5 heteroatoms. The Morgan fingerprint density at radius 1 is 1.50 bits per heavy atom. The number of hydrogen-bond acceptors (Lipinski definition) is 3. The Hall–Kier alpha value is -2.17. The van der Waals surface area contributed by atoms with Crippen LogP contribution in [-0.2, 0) is 7.05 Å². The van der Waals surface area contributed by atoms with E-state index in [9.17, 15) is 9.59 Å². The first kappa shape index (κ1) is 10.4. The molecule has 1 N–H and O–H groups in total. The van der Waals surface area contributed by atoms with Crippen LogP contribution in [0, 0.1) is 6.92 Å². The van der Waals surface area contributed by atoms with E-state index < -0.39 is 0 Å². The second-order valence-electron chi connectivity index (χ2n) is 3.54. The molecule has 0 aliphatic heterocycles. The minimum atomic E-state index is -0.265. The van der Waals surface area contributed by atoms with Gasteiger partial charge in [0, 0.05) is 12.6 Å². The monoisotopic (exact) mass is 217 g/mol. The normalized spacial score (nSPS) is 10.6. The fourth-order valence-corrected chi connectivity index (χ4v) is 1.79. The van der Waals surface area contributed by atoms with Crippen LogP contribution in [0.3, 0.4) is 0 Å². The van der Waals surface area contributed by atoms with Gasteiger partial charge in [0.15, 0.2) is 0 Å². The van der Waals surface area contributed by atoms with Crippen molar-refractivity contribution in [1.29, 1.82) is 0 Å². The predicted octanol–water partition coefficient (Wildman–Crippen LogP) is 0.573. The highest BCUT2D eigenvalue weighted by Gasteiger charge is 2.12. The van der Waals surface area contributed by atoms with Gasteiger partial charge in [-0.3, -0.25) is 14.2 Å². The first-order valence-electron chi connectivity index (χ1n) is 4.77. The van der Waals surface area contributed by atoms with Gasteiger partial charge in [-0.2, -0.15) is 0 Å². The molecule has 0 spiro atoms. The van der Waals surface area contributed by atoms with E-state index in [0.29, 0.717) is 22.2 Å². The summed E-state index contributed by atoms with van der Waals surface area (Å²) in [6.07, 6.45) is 2.79. The Kier molecular flexibility index (Phi) is 2.23. The third kappa shape index (κ3) is 1.21. The largest absolute Gasteiger partial charge is 0.312 e. The maximum atomic E-state index is 11.8. The number of aromatic nitrogens is 3. The molecule has 82 valence electrons. The van der Waals surface area contributed by atoms with Crippen molar-refractivity contribution in [1.82, 2.24) is 14.5 Å². The third-order valence-corrected chi connectivity index (χ3v) is 2.65. The first-order chi connectivity index (χ1) is 7.57. The van der Waals surface area contributed by atoms with Crippen molar-refractivity contribution in [2.75, 3.05) is 0 Å². The summed E-state index contributed by atoms with van der Waals surface area (Å²) in [5, 5.41) is 0.400. The minimum absolute atomic E-state index is 0.166. The quantitative estimate of drug-likeness (QED) is 0.759. The lowest BCUT2D eigenvalue weighted by Crippen LogP contribution is -2.24. The van der Waals surface area contributed by atoms with Crippen LogP contribution in [0.2, 0.25) is 0 Å². The number of pyridine rings is 1. The molecule has 2 aromatic heterocycles. The topological polar surface area (TPSA) is 67.8 Å². The van der Waals surface area contributed by atoms with E-state index in [1.165, 1.54) is 17.0 Å². The SMILES string of the molecule is C=Cc1c(C)c(=O)n(C)c2nc[nH]c(=O)c12. The van der Waals surface area contributed by atoms with Crippen LogP contribution >= 0.6 is 0 Å². The molecule has 0 unspecified atom stereocenters. The summed E-state index contributed by atoms with van der Waals surface area (Å²) in [4.78, 5) is 30.1. The van der Waals surface area contributed by atoms with Crippen LogP contribution in [0.15, 0.2) is 22.5 Å². The molecule has 2 heterocycles. The van der Waals surface area contributed by atoms with E-state index in [1.807, 2.05) is 0 Å². The lowest BCUT2D eigenvalue weighted by molar-refractivity contribution is 0.868. The molecule has 0 radical (unpaired) electrons. The van der Waals surface area contributed by atoms with Crippen LogP contribution in [0.5, 0.6) is 0 Å². The van der Waals surface area contributed by atoms with Gasteiger partial charge in [-0.25, -0.2) is 4.98 Å². The van der Waals surface area contributed by atoms with E-state index in [1.54, 1.807) is 14.0 Å². The number of aromatic amines is 1. The van der Waals surface area contributed by atoms with Gasteiger partial charge < -0.3 is 4.98 Å². The van der Waals surface area contributed by atoms with E-state index >= 15 is 0 Å². The number of rotatable bonds is 1. The summed E-state index contributed by atoms with van der Waals surface area (Å²) in [5.74, 6) is 0. The summed E-state index contributed by atoms with van der Waals surface area (Å²) >= 11 is 0. The van der Waals surface area contributed by atoms with Gasteiger partial charge in [0.05, 0.1) is 11.7 Å². The van der Waals surface area contributed by atoms with Crippen molar-refractivity contribution in [2.24, 2.45) is 7.05 Å². The molecule has 0 amide bonds. The van der Waals surface area contributed by atoms with Crippen LogP contribution < -0.4 is 11.1 Å². The molecule has 0 aliphatic carbocycles. The molecular weight excluding hydrogens is 206 g/mol.